The Hall–Kier alpha value is -1.96. The van der Waals surface area contributed by atoms with Crippen molar-refractivity contribution in [1.82, 2.24) is 9.88 Å². The Balaban J connectivity index is 1.58. The van der Waals surface area contributed by atoms with Crippen LogP contribution in [0.1, 0.15) is 10.5 Å². The maximum absolute atomic E-state index is 12.0. The van der Waals surface area contributed by atoms with E-state index in [1.54, 1.807) is 22.4 Å². The normalized spacial score (nSPS) is 14.5. The van der Waals surface area contributed by atoms with E-state index in [1.165, 1.54) is 11.3 Å². The third kappa shape index (κ3) is 4.11. The van der Waals surface area contributed by atoms with Crippen molar-refractivity contribution in [2.75, 3.05) is 32.9 Å². The molecule has 2 heterocycles. The summed E-state index contributed by atoms with van der Waals surface area (Å²) in [5.74, 6) is -0.835. The van der Waals surface area contributed by atoms with E-state index in [0.717, 1.165) is 5.56 Å². The molecule has 126 valence electrons. The number of rotatable bonds is 4. The average molecular weight is 367 g/mol. The molecule has 3 rings (SSSR count). The van der Waals surface area contributed by atoms with Gasteiger partial charge in [0.15, 0.2) is 12.3 Å². The minimum Gasteiger partial charge on any atom is -0.451 e. The molecule has 1 aromatic heterocycles. The predicted molar refractivity (Wildman–Crippen MR) is 90.2 cm³/mol. The summed E-state index contributed by atoms with van der Waals surface area (Å²) in [7, 11) is 0. The second kappa shape index (κ2) is 7.74. The van der Waals surface area contributed by atoms with Crippen LogP contribution in [0.4, 0.5) is 0 Å². The summed E-state index contributed by atoms with van der Waals surface area (Å²) in [6, 6.07) is 7.22. The number of thiazole rings is 1. The Morgan fingerprint density at radius 3 is 2.88 bits per heavy atom. The van der Waals surface area contributed by atoms with Crippen molar-refractivity contribution >= 4 is 34.8 Å². The number of ether oxygens (including phenoxy) is 2. The van der Waals surface area contributed by atoms with Gasteiger partial charge in [0.25, 0.3) is 5.91 Å². The summed E-state index contributed by atoms with van der Waals surface area (Å²) < 4.78 is 10.2. The highest BCUT2D eigenvalue weighted by atomic mass is 35.5. The molecule has 1 aromatic carbocycles. The number of hydrogen-bond acceptors (Lipinski definition) is 6. The Bertz CT molecular complexity index is 743. The van der Waals surface area contributed by atoms with Gasteiger partial charge in [0.05, 0.1) is 13.2 Å². The lowest BCUT2D eigenvalue weighted by atomic mass is 10.2. The second-order valence-electron chi connectivity index (χ2n) is 5.12. The van der Waals surface area contributed by atoms with Gasteiger partial charge in [0.2, 0.25) is 0 Å². The summed E-state index contributed by atoms with van der Waals surface area (Å²) in [5, 5.41) is 2.88. The first-order valence-corrected chi connectivity index (χ1v) is 8.63. The summed E-state index contributed by atoms with van der Waals surface area (Å²) in [4.78, 5) is 29.9. The van der Waals surface area contributed by atoms with E-state index >= 15 is 0 Å². The monoisotopic (exact) mass is 366 g/mol. The molecule has 0 bridgehead atoms. The fourth-order valence-corrected chi connectivity index (χ4v) is 3.20. The lowest BCUT2D eigenvalue weighted by Crippen LogP contribution is -2.42. The standard InChI is InChI=1S/C16H15ClN2O4S/c17-12-3-1-2-11(8-12)15-18-13(10-24-15)16(21)23-9-14(20)19-4-6-22-7-5-19/h1-3,8,10H,4-7,9H2. The van der Waals surface area contributed by atoms with Gasteiger partial charge in [-0.2, -0.15) is 0 Å². The van der Waals surface area contributed by atoms with Crippen LogP contribution in [-0.4, -0.2) is 54.7 Å². The SMILES string of the molecule is O=C(OCC(=O)N1CCOCC1)c1csc(-c2cccc(Cl)c2)n1. The molecule has 6 nitrogen and oxygen atoms in total. The van der Waals surface area contributed by atoms with Gasteiger partial charge in [0.1, 0.15) is 5.01 Å². The topological polar surface area (TPSA) is 68.7 Å². The number of esters is 1. The third-order valence-corrected chi connectivity index (χ3v) is 4.60. The van der Waals surface area contributed by atoms with Crippen LogP contribution < -0.4 is 0 Å². The van der Waals surface area contributed by atoms with E-state index in [0.29, 0.717) is 36.3 Å². The van der Waals surface area contributed by atoms with E-state index in [9.17, 15) is 9.59 Å². The molecule has 0 radical (unpaired) electrons. The van der Waals surface area contributed by atoms with Crippen LogP contribution in [0.2, 0.25) is 5.02 Å². The predicted octanol–water partition coefficient (Wildman–Crippen LogP) is 2.48. The van der Waals surface area contributed by atoms with Gasteiger partial charge in [-0.3, -0.25) is 4.79 Å². The number of carbonyl (C=O) groups excluding carboxylic acids is 2. The van der Waals surface area contributed by atoms with Crippen molar-refractivity contribution in [3.8, 4) is 10.6 Å². The maximum Gasteiger partial charge on any atom is 0.358 e. The van der Waals surface area contributed by atoms with Gasteiger partial charge in [-0.25, -0.2) is 9.78 Å². The molecule has 0 saturated carbocycles. The Kier molecular flexibility index (Phi) is 5.44. The van der Waals surface area contributed by atoms with Crippen LogP contribution in [0.15, 0.2) is 29.6 Å². The molecule has 1 aliphatic heterocycles. The minimum absolute atomic E-state index is 0.185. The van der Waals surface area contributed by atoms with Crippen LogP contribution in [0, 0.1) is 0 Å². The number of nitrogens with zero attached hydrogens (tertiary/aromatic N) is 2. The van der Waals surface area contributed by atoms with Gasteiger partial charge in [-0.05, 0) is 12.1 Å². The van der Waals surface area contributed by atoms with Crippen molar-refractivity contribution in [2.45, 2.75) is 0 Å². The Labute approximate surface area is 148 Å². The lowest BCUT2D eigenvalue weighted by molar-refractivity contribution is -0.138. The zero-order valence-electron chi connectivity index (χ0n) is 12.7. The highest BCUT2D eigenvalue weighted by molar-refractivity contribution is 7.13. The number of morpholine rings is 1. The molecule has 1 saturated heterocycles. The van der Waals surface area contributed by atoms with E-state index < -0.39 is 5.97 Å². The van der Waals surface area contributed by atoms with E-state index in [2.05, 4.69) is 4.98 Å². The summed E-state index contributed by atoms with van der Waals surface area (Å²) in [5.41, 5.74) is 1.01. The van der Waals surface area contributed by atoms with Crippen LogP contribution in [0.5, 0.6) is 0 Å². The quantitative estimate of drug-likeness (QED) is 0.777. The third-order valence-electron chi connectivity index (χ3n) is 3.48. The minimum atomic E-state index is -0.610. The van der Waals surface area contributed by atoms with Gasteiger partial charge in [0, 0.05) is 29.1 Å². The van der Waals surface area contributed by atoms with Crippen molar-refractivity contribution < 1.29 is 19.1 Å². The molecule has 8 heteroatoms. The lowest BCUT2D eigenvalue weighted by Gasteiger charge is -2.26. The molecule has 0 aliphatic carbocycles. The molecule has 2 aromatic rings. The van der Waals surface area contributed by atoms with Crippen molar-refractivity contribution in [3.63, 3.8) is 0 Å². The smallest absolute Gasteiger partial charge is 0.358 e. The first-order valence-electron chi connectivity index (χ1n) is 7.37. The van der Waals surface area contributed by atoms with Gasteiger partial charge < -0.3 is 14.4 Å². The van der Waals surface area contributed by atoms with E-state index in [1.807, 2.05) is 12.1 Å². The number of hydrogen-bond donors (Lipinski definition) is 0. The number of carbonyl (C=O) groups is 2. The molecule has 0 unspecified atom stereocenters. The largest absolute Gasteiger partial charge is 0.451 e. The fraction of sp³-hybridized carbons (Fsp3) is 0.312. The van der Waals surface area contributed by atoms with Crippen molar-refractivity contribution in [2.24, 2.45) is 0 Å². The summed E-state index contributed by atoms with van der Waals surface area (Å²) in [6.07, 6.45) is 0. The van der Waals surface area contributed by atoms with Gasteiger partial charge >= 0.3 is 5.97 Å². The van der Waals surface area contributed by atoms with Gasteiger partial charge in [-0.15, -0.1) is 11.3 Å². The second-order valence-corrected chi connectivity index (χ2v) is 6.41. The zero-order valence-corrected chi connectivity index (χ0v) is 14.3. The molecule has 0 spiro atoms. The molecule has 0 N–H and O–H groups in total. The molecule has 1 amide bonds. The number of benzene rings is 1. The molecule has 1 fully saturated rings. The van der Waals surface area contributed by atoms with Crippen LogP contribution >= 0.6 is 22.9 Å². The summed E-state index contributed by atoms with van der Waals surface area (Å²) in [6.45, 7) is 1.77. The Morgan fingerprint density at radius 2 is 2.12 bits per heavy atom. The molecule has 24 heavy (non-hydrogen) atoms. The van der Waals surface area contributed by atoms with Gasteiger partial charge in [-0.1, -0.05) is 23.7 Å². The van der Waals surface area contributed by atoms with Crippen LogP contribution in [-0.2, 0) is 14.3 Å². The maximum atomic E-state index is 12.0. The number of aromatic nitrogens is 1. The van der Waals surface area contributed by atoms with Crippen LogP contribution in [0.3, 0.4) is 0 Å². The summed E-state index contributed by atoms with van der Waals surface area (Å²) >= 11 is 7.28. The Morgan fingerprint density at radius 1 is 1.33 bits per heavy atom. The highest BCUT2D eigenvalue weighted by Crippen LogP contribution is 2.26. The first-order chi connectivity index (χ1) is 11.6. The molecule has 0 atom stereocenters. The van der Waals surface area contributed by atoms with Crippen LogP contribution in [0.25, 0.3) is 10.6 Å². The van der Waals surface area contributed by atoms with E-state index in [4.69, 9.17) is 21.1 Å². The fourth-order valence-electron chi connectivity index (χ4n) is 2.23. The molecule has 1 aliphatic rings. The van der Waals surface area contributed by atoms with Crippen molar-refractivity contribution in [1.29, 1.82) is 0 Å². The number of amides is 1. The van der Waals surface area contributed by atoms with Crippen molar-refractivity contribution in [3.05, 3.63) is 40.4 Å². The highest BCUT2D eigenvalue weighted by Gasteiger charge is 2.20. The van der Waals surface area contributed by atoms with E-state index in [-0.39, 0.29) is 18.2 Å². The number of halogens is 1. The average Bonchev–Trinajstić information content (AvgIpc) is 3.10. The molecular weight excluding hydrogens is 352 g/mol. The zero-order chi connectivity index (χ0) is 16.9. The molecular formula is C16H15ClN2O4S. The first kappa shape index (κ1) is 16.9.